The third kappa shape index (κ3) is 4.09. The van der Waals surface area contributed by atoms with Gasteiger partial charge in [0.2, 0.25) is 0 Å². The van der Waals surface area contributed by atoms with Crippen LogP contribution in [0, 0.1) is 0 Å². The smallest absolute Gasteiger partial charge is 0.166 e. The first-order valence-electron chi connectivity index (χ1n) is 5.42. The van der Waals surface area contributed by atoms with Gasteiger partial charge in [0.25, 0.3) is 0 Å². The van der Waals surface area contributed by atoms with E-state index in [1.54, 1.807) is 0 Å². The third-order valence-electron chi connectivity index (χ3n) is 2.65. The summed E-state index contributed by atoms with van der Waals surface area (Å²) in [6, 6.07) is 0.833. The maximum Gasteiger partial charge on any atom is 0.166 e. The van der Waals surface area contributed by atoms with Crippen molar-refractivity contribution in [3.05, 3.63) is 12.7 Å². The molecule has 0 aromatic heterocycles. The van der Waals surface area contributed by atoms with Gasteiger partial charge in [-0.3, -0.25) is 0 Å². The topological polar surface area (TPSA) is 24.1 Å². The lowest BCUT2D eigenvalue weighted by atomic mass is 9.96. The summed E-state index contributed by atoms with van der Waals surface area (Å²) in [5.74, 6) is 0. The maximum absolute atomic E-state index is 5.21. The minimum atomic E-state index is 0.249. The van der Waals surface area contributed by atoms with Crippen LogP contribution in [0.5, 0.6) is 0 Å². The standard InChI is InChI=1S/C11H20N2S/c1-3-9(2)12-11(14)13-10-7-5-4-6-8-10/h3,9-10H,1,4-8H2,2H3,(H2,12,13,14). The first kappa shape index (κ1) is 11.5. The van der Waals surface area contributed by atoms with Crippen LogP contribution in [-0.4, -0.2) is 17.2 Å². The fraction of sp³-hybridized carbons (Fsp3) is 0.727. The normalized spacial score (nSPS) is 19.8. The van der Waals surface area contributed by atoms with Gasteiger partial charge in [0.15, 0.2) is 5.11 Å². The van der Waals surface area contributed by atoms with E-state index in [4.69, 9.17) is 12.2 Å². The van der Waals surface area contributed by atoms with Crippen molar-refractivity contribution in [2.45, 2.75) is 51.1 Å². The van der Waals surface area contributed by atoms with Gasteiger partial charge >= 0.3 is 0 Å². The zero-order chi connectivity index (χ0) is 10.4. The molecule has 2 nitrogen and oxygen atoms in total. The number of hydrogen-bond donors (Lipinski definition) is 2. The quantitative estimate of drug-likeness (QED) is 0.555. The van der Waals surface area contributed by atoms with Gasteiger partial charge in [-0.1, -0.05) is 25.3 Å². The minimum absolute atomic E-state index is 0.249. The number of thiocarbonyl (C=S) groups is 1. The zero-order valence-electron chi connectivity index (χ0n) is 8.88. The summed E-state index contributed by atoms with van der Waals surface area (Å²) in [7, 11) is 0. The molecule has 0 heterocycles. The van der Waals surface area contributed by atoms with Gasteiger partial charge in [-0.25, -0.2) is 0 Å². The van der Waals surface area contributed by atoms with E-state index in [-0.39, 0.29) is 6.04 Å². The van der Waals surface area contributed by atoms with Crippen LogP contribution in [0.1, 0.15) is 39.0 Å². The van der Waals surface area contributed by atoms with E-state index in [9.17, 15) is 0 Å². The summed E-state index contributed by atoms with van der Waals surface area (Å²) in [4.78, 5) is 0. The Morgan fingerprint density at radius 3 is 2.64 bits per heavy atom. The summed E-state index contributed by atoms with van der Waals surface area (Å²) >= 11 is 5.21. The molecule has 0 aliphatic heterocycles. The van der Waals surface area contributed by atoms with Crippen molar-refractivity contribution < 1.29 is 0 Å². The molecule has 1 unspecified atom stereocenters. The lowest BCUT2D eigenvalue weighted by Gasteiger charge is -2.25. The van der Waals surface area contributed by atoms with Crippen molar-refractivity contribution in [2.75, 3.05) is 0 Å². The highest BCUT2D eigenvalue weighted by Gasteiger charge is 2.13. The highest BCUT2D eigenvalue weighted by atomic mass is 32.1. The Balaban J connectivity index is 2.21. The van der Waals surface area contributed by atoms with Gasteiger partial charge in [0, 0.05) is 12.1 Å². The zero-order valence-corrected chi connectivity index (χ0v) is 9.70. The largest absolute Gasteiger partial charge is 0.360 e. The summed E-state index contributed by atoms with van der Waals surface area (Å²) in [5, 5.41) is 7.30. The van der Waals surface area contributed by atoms with Crippen LogP contribution in [0.2, 0.25) is 0 Å². The Morgan fingerprint density at radius 1 is 1.43 bits per heavy atom. The average molecular weight is 212 g/mol. The van der Waals surface area contributed by atoms with Crippen LogP contribution in [0.25, 0.3) is 0 Å². The highest BCUT2D eigenvalue weighted by Crippen LogP contribution is 2.17. The average Bonchev–Trinajstić information content (AvgIpc) is 2.19. The van der Waals surface area contributed by atoms with Gasteiger partial charge in [-0.05, 0) is 32.0 Å². The molecule has 2 N–H and O–H groups in total. The Hall–Kier alpha value is -0.570. The van der Waals surface area contributed by atoms with Crippen LogP contribution in [-0.2, 0) is 0 Å². The molecule has 1 aliphatic rings. The third-order valence-corrected chi connectivity index (χ3v) is 2.89. The molecule has 0 saturated heterocycles. The van der Waals surface area contributed by atoms with Gasteiger partial charge in [0.05, 0.1) is 0 Å². The molecule has 0 radical (unpaired) electrons. The minimum Gasteiger partial charge on any atom is -0.360 e. The van der Waals surface area contributed by atoms with Crippen molar-refractivity contribution in [3.8, 4) is 0 Å². The van der Waals surface area contributed by atoms with Crippen molar-refractivity contribution >= 4 is 17.3 Å². The molecule has 3 heteroatoms. The molecule has 80 valence electrons. The first-order chi connectivity index (χ1) is 6.72. The summed E-state index contributed by atoms with van der Waals surface area (Å²) in [6.45, 7) is 5.75. The molecule has 1 saturated carbocycles. The highest BCUT2D eigenvalue weighted by molar-refractivity contribution is 7.80. The molecule has 1 rings (SSSR count). The molecule has 1 fully saturated rings. The van der Waals surface area contributed by atoms with E-state index in [1.807, 2.05) is 13.0 Å². The van der Waals surface area contributed by atoms with E-state index >= 15 is 0 Å². The van der Waals surface area contributed by atoms with Crippen LogP contribution in [0.3, 0.4) is 0 Å². The van der Waals surface area contributed by atoms with Crippen molar-refractivity contribution in [3.63, 3.8) is 0 Å². The lowest BCUT2D eigenvalue weighted by molar-refractivity contribution is 0.411. The van der Waals surface area contributed by atoms with Crippen molar-refractivity contribution in [1.29, 1.82) is 0 Å². The van der Waals surface area contributed by atoms with E-state index in [2.05, 4.69) is 17.2 Å². The van der Waals surface area contributed by atoms with E-state index < -0.39 is 0 Å². The van der Waals surface area contributed by atoms with Crippen LogP contribution in [0.15, 0.2) is 12.7 Å². The second kappa shape index (κ2) is 6.02. The molecule has 0 spiro atoms. The van der Waals surface area contributed by atoms with Crippen LogP contribution >= 0.6 is 12.2 Å². The predicted molar refractivity (Wildman–Crippen MR) is 65.4 cm³/mol. The molecule has 0 bridgehead atoms. The Bertz CT molecular complexity index is 197. The SMILES string of the molecule is C=CC(C)NC(=S)NC1CCCCC1. The second-order valence-corrected chi connectivity index (χ2v) is 4.39. The van der Waals surface area contributed by atoms with E-state index in [0.29, 0.717) is 6.04 Å². The summed E-state index contributed by atoms with van der Waals surface area (Å²) in [5.41, 5.74) is 0. The number of nitrogens with one attached hydrogen (secondary N) is 2. The second-order valence-electron chi connectivity index (χ2n) is 3.98. The molecule has 0 amide bonds. The Labute approximate surface area is 92.2 Å². The van der Waals surface area contributed by atoms with Crippen LogP contribution in [0.4, 0.5) is 0 Å². The molecular formula is C11H20N2S. The first-order valence-corrected chi connectivity index (χ1v) is 5.83. The maximum atomic E-state index is 5.21. The van der Waals surface area contributed by atoms with Gasteiger partial charge in [-0.2, -0.15) is 0 Å². The Morgan fingerprint density at radius 2 is 2.07 bits per heavy atom. The molecule has 1 atom stereocenters. The van der Waals surface area contributed by atoms with Gasteiger partial charge in [-0.15, -0.1) is 6.58 Å². The monoisotopic (exact) mass is 212 g/mol. The van der Waals surface area contributed by atoms with Crippen molar-refractivity contribution in [1.82, 2.24) is 10.6 Å². The number of rotatable bonds is 3. The molecule has 0 aromatic rings. The van der Waals surface area contributed by atoms with E-state index in [0.717, 1.165) is 5.11 Å². The van der Waals surface area contributed by atoms with Gasteiger partial charge < -0.3 is 10.6 Å². The van der Waals surface area contributed by atoms with Crippen molar-refractivity contribution in [2.24, 2.45) is 0 Å². The van der Waals surface area contributed by atoms with Gasteiger partial charge in [0.1, 0.15) is 0 Å². The fourth-order valence-electron chi connectivity index (χ4n) is 1.74. The Kier molecular flexibility index (Phi) is 4.94. The fourth-order valence-corrected chi connectivity index (χ4v) is 2.09. The number of hydrogen-bond acceptors (Lipinski definition) is 1. The molecule has 0 aromatic carbocycles. The lowest BCUT2D eigenvalue weighted by Crippen LogP contribution is -2.45. The summed E-state index contributed by atoms with van der Waals surface area (Å²) in [6.07, 6.45) is 8.40. The predicted octanol–water partition coefficient (Wildman–Crippen LogP) is 2.36. The molecule has 14 heavy (non-hydrogen) atoms. The molecular weight excluding hydrogens is 192 g/mol. The van der Waals surface area contributed by atoms with Crippen LogP contribution < -0.4 is 10.6 Å². The molecule has 1 aliphatic carbocycles. The summed E-state index contributed by atoms with van der Waals surface area (Å²) < 4.78 is 0. The van der Waals surface area contributed by atoms with E-state index in [1.165, 1.54) is 32.1 Å².